The molecule has 0 aliphatic carbocycles. The third kappa shape index (κ3) is 2.99. The number of nitrogens with zero attached hydrogens (tertiary/aromatic N) is 2. The second-order valence-electron chi connectivity index (χ2n) is 1.73. The van der Waals surface area contributed by atoms with Gasteiger partial charge < -0.3 is 5.11 Å². The van der Waals surface area contributed by atoms with Gasteiger partial charge in [0.2, 0.25) is 0 Å². The maximum atomic E-state index is 10.1. The van der Waals surface area contributed by atoms with E-state index in [9.17, 15) is 4.79 Å². The average molecular weight is 170 g/mol. The van der Waals surface area contributed by atoms with E-state index < -0.39 is 5.97 Å². The van der Waals surface area contributed by atoms with Crippen LogP contribution in [0.1, 0.15) is 0 Å². The minimum absolute atomic E-state index is 0.0387. The highest BCUT2D eigenvalue weighted by Crippen LogP contribution is 2.11. The molecule has 0 spiro atoms. The molecule has 4 nitrogen and oxygen atoms in total. The SMILES string of the molecule is O=C(O)CSc1ccncn1. The highest BCUT2D eigenvalue weighted by atomic mass is 32.2. The van der Waals surface area contributed by atoms with Gasteiger partial charge >= 0.3 is 5.97 Å². The lowest BCUT2D eigenvalue weighted by atomic mass is 10.7. The molecule has 0 atom stereocenters. The monoisotopic (exact) mass is 170 g/mol. The first-order chi connectivity index (χ1) is 5.29. The quantitative estimate of drug-likeness (QED) is 0.533. The zero-order chi connectivity index (χ0) is 8.10. The first kappa shape index (κ1) is 8.00. The molecular weight excluding hydrogens is 164 g/mol. The van der Waals surface area contributed by atoms with Crippen molar-refractivity contribution >= 4 is 17.7 Å². The largest absolute Gasteiger partial charge is 0.481 e. The Morgan fingerprint density at radius 3 is 3.09 bits per heavy atom. The van der Waals surface area contributed by atoms with Crippen LogP contribution in [0.4, 0.5) is 0 Å². The van der Waals surface area contributed by atoms with E-state index in [0.717, 1.165) is 0 Å². The number of carboxylic acid groups (broad SMARTS) is 1. The first-order valence-electron chi connectivity index (χ1n) is 2.89. The van der Waals surface area contributed by atoms with Gasteiger partial charge in [-0.05, 0) is 6.07 Å². The van der Waals surface area contributed by atoms with Crippen LogP contribution in [-0.2, 0) is 4.79 Å². The molecule has 0 radical (unpaired) electrons. The fourth-order valence-corrected chi connectivity index (χ4v) is 1.05. The Hall–Kier alpha value is -1.10. The average Bonchev–Trinajstić information content (AvgIpc) is 2.03. The molecule has 1 N–H and O–H groups in total. The van der Waals surface area contributed by atoms with Gasteiger partial charge in [-0.2, -0.15) is 0 Å². The number of hydrogen-bond acceptors (Lipinski definition) is 4. The molecule has 0 aliphatic rings. The zero-order valence-corrected chi connectivity index (χ0v) is 6.41. The summed E-state index contributed by atoms with van der Waals surface area (Å²) in [5, 5.41) is 8.99. The number of hydrogen-bond donors (Lipinski definition) is 1. The van der Waals surface area contributed by atoms with E-state index in [2.05, 4.69) is 9.97 Å². The first-order valence-corrected chi connectivity index (χ1v) is 3.88. The summed E-state index contributed by atoms with van der Waals surface area (Å²) in [6, 6.07) is 1.67. The van der Waals surface area contributed by atoms with Gasteiger partial charge in [0.25, 0.3) is 0 Å². The summed E-state index contributed by atoms with van der Waals surface area (Å²) in [6.45, 7) is 0. The Kier molecular flexibility index (Phi) is 2.85. The molecule has 11 heavy (non-hydrogen) atoms. The van der Waals surface area contributed by atoms with Crippen molar-refractivity contribution in [2.45, 2.75) is 5.03 Å². The number of thioether (sulfide) groups is 1. The van der Waals surface area contributed by atoms with Crippen molar-refractivity contribution in [1.82, 2.24) is 9.97 Å². The van der Waals surface area contributed by atoms with Gasteiger partial charge in [0, 0.05) is 6.20 Å². The van der Waals surface area contributed by atoms with Gasteiger partial charge in [0.05, 0.1) is 10.8 Å². The van der Waals surface area contributed by atoms with Crippen molar-refractivity contribution in [3.8, 4) is 0 Å². The van der Waals surface area contributed by atoms with Gasteiger partial charge in [-0.3, -0.25) is 4.79 Å². The van der Waals surface area contributed by atoms with Crippen LogP contribution < -0.4 is 0 Å². The van der Waals surface area contributed by atoms with Crippen molar-refractivity contribution in [3.05, 3.63) is 18.6 Å². The summed E-state index contributed by atoms with van der Waals surface area (Å²) in [7, 11) is 0. The van der Waals surface area contributed by atoms with Crippen LogP contribution in [0.25, 0.3) is 0 Å². The van der Waals surface area contributed by atoms with E-state index >= 15 is 0 Å². The molecule has 1 aromatic heterocycles. The maximum Gasteiger partial charge on any atom is 0.313 e. The van der Waals surface area contributed by atoms with Gasteiger partial charge in [-0.1, -0.05) is 11.8 Å². The van der Waals surface area contributed by atoms with E-state index in [0.29, 0.717) is 5.03 Å². The molecule has 0 saturated heterocycles. The van der Waals surface area contributed by atoms with E-state index in [4.69, 9.17) is 5.11 Å². The fraction of sp³-hybridized carbons (Fsp3) is 0.167. The number of aromatic nitrogens is 2. The summed E-state index contributed by atoms with van der Waals surface area (Å²) in [6.07, 6.45) is 2.97. The summed E-state index contributed by atoms with van der Waals surface area (Å²) >= 11 is 1.18. The van der Waals surface area contributed by atoms with Crippen molar-refractivity contribution in [2.24, 2.45) is 0 Å². The minimum atomic E-state index is -0.839. The molecule has 0 unspecified atom stereocenters. The Morgan fingerprint density at radius 2 is 2.55 bits per heavy atom. The van der Waals surface area contributed by atoms with Crippen LogP contribution >= 0.6 is 11.8 Å². The topological polar surface area (TPSA) is 63.1 Å². The lowest BCUT2D eigenvalue weighted by molar-refractivity contribution is -0.133. The van der Waals surface area contributed by atoms with Gasteiger partial charge in [0.15, 0.2) is 0 Å². The smallest absolute Gasteiger partial charge is 0.313 e. The second kappa shape index (κ2) is 3.92. The van der Waals surface area contributed by atoms with Gasteiger partial charge in [-0.15, -0.1) is 0 Å². The number of carboxylic acids is 1. The van der Waals surface area contributed by atoms with Crippen LogP contribution in [-0.4, -0.2) is 26.8 Å². The summed E-state index contributed by atoms with van der Waals surface area (Å²) in [5.74, 6) is -0.801. The number of carbonyl (C=O) groups is 1. The Morgan fingerprint density at radius 1 is 1.73 bits per heavy atom. The molecule has 0 aromatic carbocycles. The van der Waals surface area contributed by atoms with Crippen molar-refractivity contribution in [1.29, 1.82) is 0 Å². The van der Waals surface area contributed by atoms with E-state index in [1.165, 1.54) is 18.1 Å². The molecule has 0 amide bonds. The Balaban J connectivity index is 2.45. The molecule has 0 fully saturated rings. The van der Waals surface area contributed by atoms with Gasteiger partial charge in [0.1, 0.15) is 6.33 Å². The molecule has 1 heterocycles. The minimum Gasteiger partial charge on any atom is -0.481 e. The third-order valence-corrected chi connectivity index (χ3v) is 1.83. The number of rotatable bonds is 3. The molecule has 0 aliphatic heterocycles. The fourth-order valence-electron chi connectivity index (χ4n) is 0.500. The number of aliphatic carboxylic acids is 1. The Labute approximate surface area is 67.7 Å². The highest BCUT2D eigenvalue weighted by Gasteiger charge is 1.98. The van der Waals surface area contributed by atoms with Crippen LogP contribution in [0.2, 0.25) is 0 Å². The van der Waals surface area contributed by atoms with Crippen LogP contribution in [0.3, 0.4) is 0 Å². The Bertz CT molecular complexity index is 240. The molecular formula is C6H6N2O2S. The lowest BCUT2D eigenvalue weighted by Gasteiger charge is -1.93. The molecule has 5 heteroatoms. The van der Waals surface area contributed by atoms with Crippen LogP contribution in [0, 0.1) is 0 Å². The van der Waals surface area contributed by atoms with E-state index in [-0.39, 0.29) is 5.75 Å². The predicted molar refractivity (Wildman–Crippen MR) is 40.4 cm³/mol. The maximum absolute atomic E-state index is 10.1. The zero-order valence-electron chi connectivity index (χ0n) is 5.60. The van der Waals surface area contributed by atoms with Gasteiger partial charge in [-0.25, -0.2) is 9.97 Å². The summed E-state index contributed by atoms with van der Waals surface area (Å²) in [5.41, 5.74) is 0. The normalized spacial score (nSPS) is 9.45. The van der Waals surface area contributed by atoms with E-state index in [1.54, 1.807) is 12.3 Å². The molecule has 0 saturated carbocycles. The van der Waals surface area contributed by atoms with Crippen LogP contribution in [0.5, 0.6) is 0 Å². The highest BCUT2D eigenvalue weighted by molar-refractivity contribution is 7.99. The van der Waals surface area contributed by atoms with Crippen molar-refractivity contribution < 1.29 is 9.90 Å². The standard InChI is InChI=1S/C6H6N2O2S/c9-6(10)3-11-5-1-2-7-4-8-5/h1-2,4H,3H2,(H,9,10). The predicted octanol–water partition coefficient (Wildman–Crippen LogP) is 0.653. The summed E-state index contributed by atoms with van der Waals surface area (Å²) in [4.78, 5) is 17.6. The molecule has 1 aromatic rings. The van der Waals surface area contributed by atoms with Crippen LogP contribution in [0.15, 0.2) is 23.6 Å². The third-order valence-electron chi connectivity index (χ3n) is 0.898. The molecule has 1 rings (SSSR count). The van der Waals surface area contributed by atoms with Crippen molar-refractivity contribution in [3.63, 3.8) is 0 Å². The van der Waals surface area contributed by atoms with Crippen molar-refractivity contribution in [2.75, 3.05) is 5.75 Å². The second-order valence-corrected chi connectivity index (χ2v) is 2.73. The van der Waals surface area contributed by atoms with E-state index in [1.807, 2.05) is 0 Å². The molecule has 0 bridgehead atoms. The molecule has 58 valence electrons. The summed E-state index contributed by atoms with van der Waals surface area (Å²) < 4.78 is 0. The lowest BCUT2D eigenvalue weighted by Crippen LogP contribution is -1.97.